The van der Waals surface area contributed by atoms with Crippen molar-refractivity contribution in [2.45, 2.75) is 26.7 Å². The number of hydrogen-bond donors (Lipinski definition) is 4. The predicted octanol–water partition coefficient (Wildman–Crippen LogP) is 2.11. The average molecular weight is 414 g/mol. The lowest BCUT2D eigenvalue weighted by Gasteiger charge is -2.19. The second kappa shape index (κ2) is 7.51. The van der Waals surface area contributed by atoms with Gasteiger partial charge in [-0.2, -0.15) is 0 Å². The zero-order chi connectivity index (χ0) is 22.3. The monoisotopic (exact) mass is 414 g/mol. The third-order valence-corrected chi connectivity index (χ3v) is 4.49. The first-order chi connectivity index (χ1) is 14.0. The highest BCUT2D eigenvalue weighted by Gasteiger charge is 2.38. The quantitative estimate of drug-likeness (QED) is 0.537. The van der Waals surface area contributed by atoms with Crippen molar-refractivity contribution in [1.29, 1.82) is 0 Å². The number of ketones is 3. The van der Waals surface area contributed by atoms with E-state index in [1.807, 2.05) is 13.8 Å². The molecule has 1 heterocycles. The minimum atomic E-state index is -1.34. The number of carbonyl (C=O) groups excluding carboxylic acids is 3. The lowest BCUT2D eigenvalue weighted by atomic mass is 9.84. The van der Waals surface area contributed by atoms with Gasteiger partial charge in [0.05, 0.1) is 17.6 Å². The van der Waals surface area contributed by atoms with Crippen LogP contribution in [0.25, 0.3) is 11.3 Å². The van der Waals surface area contributed by atoms with Crippen LogP contribution in [-0.2, 0) is 16.0 Å². The summed E-state index contributed by atoms with van der Waals surface area (Å²) in [5.41, 5.74) is -3.79. The second-order valence-corrected chi connectivity index (χ2v) is 7.34. The normalized spacial score (nSPS) is 13.7. The van der Waals surface area contributed by atoms with Gasteiger partial charge in [0.25, 0.3) is 0 Å². The number of hydrogen-bond acceptors (Lipinski definition) is 9. The van der Waals surface area contributed by atoms with Gasteiger partial charge < -0.3 is 24.8 Å². The van der Waals surface area contributed by atoms with Crippen molar-refractivity contribution in [3.8, 4) is 17.2 Å². The van der Waals surface area contributed by atoms with Gasteiger partial charge in [-0.25, -0.2) is 4.79 Å². The van der Waals surface area contributed by atoms with Gasteiger partial charge in [0, 0.05) is 24.1 Å². The zero-order valence-corrected chi connectivity index (χ0v) is 16.1. The van der Waals surface area contributed by atoms with Gasteiger partial charge in [0.15, 0.2) is 0 Å². The van der Waals surface area contributed by atoms with Crippen molar-refractivity contribution in [3.63, 3.8) is 0 Å². The number of Topliss-reactive ketones (excluding diaryl/α,β-unsaturated/α-hetero) is 3. The van der Waals surface area contributed by atoms with Crippen LogP contribution in [-0.4, -0.2) is 37.8 Å². The molecular weight excluding hydrogens is 396 g/mol. The Hall–Kier alpha value is -3.88. The van der Waals surface area contributed by atoms with E-state index in [1.165, 1.54) is 0 Å². The molecule has 0 aliphatic heterocycles. The van der Waals surface area contributed by atoms with Crippen LogP contribution >= 0.6 is 0 Å². The fourth-order valence-electron chi connectivity index (χ4n) is 3.31. The van der Waals surface area contributed by atoms with Gasteiger partial charge >= 0.3 is 5.63 Å². The number of benzene rings is 1. The molecule has 0 saturated carbocycles. The van der Waals surface area contributed by atoms with Crippen LogP contribution in [0.15, 0.2) is 27.4 Å². The summed E-state index contributed by atoms with van der Waals surface area (Å²) in [6.45, 7) is 3.67. The van der Waals surface area contributed by atoms with Crippen molar-refractivity contribution in [3.05, 3.63) is 51.1 Å². The molecule has 0 unspecified atom stereocenters. The summed E-state index contributed by atoms with van der Waals surface area (Å²) >= 11 is 0. The SMILES string of the molecule is CC(C)CC(=O)Cc1cc(O)c(C2=C(O)c3c(O)cc(O)cc3C(=O)C2=O)c(=O)o1. The van der Waals surface area contributed by atoms with E-state index in [-0.39, 0.29) is 30.3 Å². The molecular formula is C21H18O9. The van der Waals surface area contributed by atoms with E-state index in [2.05, 4.69) is 0 Å². The van der Waals surface area contributed by atoms with Crippen LogP contribution in [0, 0.1) is 5.92 Å². The molecule has 0 fully saturated rings. The van der Waals surface area contributed by atoms with Gasteiger partial charge in [0.2, 0.25) is 11.6 Å². The van der Waals surface area contributed by atoms with Crippen LogP contribution in [0.4, 0.5) is 0 Å². The number of allylic oxidation sites excluding steroid dienone is 1. The predicted molar refractivity (Wildman–Crippen MR) is 103 cm³/mol. The van der Waals surface area contributed by atoms with Crippen molar-refractivity contribution >= 4 is 28.7 Å². The summed E-state index contributed by atoms with van der Waals surface area (Å²) < 4.78 is 5.02. The number of fused-ring (bicyclic) bond motifs is 1. The Bertz CT molecular complexity index is 1180. The minimum Gasteiger partial charge on any atom is -0.508 e. The lowest BCUT2D eigenvalue weighted by Crippen LogP contribution is -2.26. The highest BCUT2D eigenvalue weighted by Crippen LogP contribution is 2.41. The molecule has 2 aromatic rings. The Morgan fingerprint density at radius 2 is 1.57 bits per heavy atom. The smallest absolute Gasteiger partial charge is 0.347 e. The summed E-state index contributed by atoms with van der Waals surface area (Å²) in [6, 6.07) is 2.68. The number of aromatic hydroxyl groups is 3. The number of phenols is 2. The fraction of sp³-hybridized carbons (Fsp3) is 0.238. The lowest BCUT2D eigenvalue weighted by molar-refractivity contribution is -0.119. The van der Waals surface area contributed by atoms with E-state index < -0.39 is 62.5 Å². The van der Waals surface area contributed by atoms with E-state index in [4.69, 9.17) is 4.42 Å². The number of rotatable bonds is 5. The second-order valence-electron chi connectivity index (χ2n) is 7.34. The largest absolute Gasteiger partial charge is 0.508 e. The Morgan fingerprint density at radius 1 is 0.933 bits per heavy atom. The fourth-order valence-corrected chi connectivity index (χ4v) is 3.31. The van der Waals surface area contributed by atoms with Gasteiger partial charge in [0.1, 0.15) is 40.1 Å². The zero-order valence-electron chi connectivity index (χ0n) is 16.1. The maximum atomic E-state index is 12.5. The van der Waals surface area contributed by atoms with E-state index in [1.54, 1.807) is 0 Å². The molecule has 9 nitrogen and oxygen atoms in total. The van der Waals surface area contributed by atoms with Crippen molar-refractivity contribution in [2.24, 2.45) is 5.92 Å². The highest BCUT2D eigenvalue weighted by molar-refractivity contribution is 6.62. The number of phenolic OH excluding ortho intramolecular Hbond substituents is 2. The Balaban J connectivity index is 2.15. The Labute approximate surface area is 169 Å². The third kappa shape index (κ3) is 3.57. The molecule has 0 saturated heterocycles. The highest BCUT2D eigenvalue weighted by atomic mass is 16.4. The Morgan fingerprint density at radius 3 is 2.17 bits per heavy atom. The minimum absolute atomic E-state index is 0.0808. The van der Waals surface area contributed by atoms with Crippen LogP contribution in [0.3, 0.4) is 0 Å². The molecule has 0 atom stereocenters. The van der Waals surface area contributed by atoms with E-state index in [0.717, 1.165) is 18.2 Å². The first kappa shape index (κ1) is 20.8. The first-order valence-corrected chi connectivity index (χ1v) is 8.97. The van der Waals surface area contributed by atoms with Crippen LogP contribution in [0.2, 0.25) is 0 Å². The molecule has 1 aromatic carbocycles. The molecule has 1 aliphatic rings. The van der Waals surface area contributed by atoms with Crippen molar-refractivity contribution in [1.82, 2.24) is 0 Å². The molecule has 156 valence electrons. The van der Waals surface area contributed by atoms with Crippen LogP contribution in [0.5, 0.6) is 17.2 Å². The Kier molecular flexibility index (Phi) is 5.22. The topological polar surface area (TPSA) is 162 Å². The van der Waals surface area contributed by atoms with Gasteiger partial charge in [-0.15, -0.1) is 0 Å². The molecule has 0 bridgehead atoms. The van der Waals surface area contributed by atoms with E-state index in [9.17, 15) is 39.6 Å². The number of aliphatic hydroxyl groups is 1. The van der Waals surface area contributed by atoms with Gasteiger partial charge in [-0.1, -0.05) is 13.8 Å². The maximum absolute atomic E-state index is 12.5. The van der Waals surface area contributed by atoms with Crippen LogP contribution < -0.4 is 5.63 Å². The molecule has 0 radical (unpaired) electrons. The standard InChI is InChI=1S/C21H18O9/c1-8(2)3-9(22)4-11-7-14(25)16(21(29)30-11)17-19(27)15-12(18(26)20(17)28)5-10(23)6-13(15)24/h5-8,23-25,27H,3-4H2,1-2H3. The van der Waals surface area contributed by atoms with E-state index >= 15 is 0 Å². The van der Waals surface area contributed by atoms with Gasteiger partial charge in [-0.3, -0.25) is 14.4 Å². The van der Waals surface area contributed by atoms with Crippen molar-refractivity contribution < 1.29 is 39.2 Å². The molecule has 3 rings (SSSR count). The summed E-state index contributed by atoms with van der Waals surface area (Å²) in [7, 11) is 0. The number of carbonyl (C=O) groups is 3. The summed E-state index contributed by atoms with van der Waals surface area (Å²) in [5, 5.41) is 40.4. The molecule has 1 aliphatic carbocycles. The molecule has 4 N–H and O–H groups in total. The molecule has 1 aromatic heterocycles. The number of aliphatic hydroxyl groups excluding tert-OH is 1. The van der Waals surface area contributed by atoms with Crippen LogP contribution in [0.1, 0.15) is 47.5 Å². The average Bonchev–Trinajstić information content (AvgIpc) is 2.60. The molecule has 0 amide bonds. The molecule has 30 heavy (non-hydrogen) atoms. The summed E-state index contributed by atoms with van der Waals surface area (Å²) in [6.07, 6.45) is -0.0316. The van der Waals surface area contributed by atoms with E-state index in [0.29, 0.717) is 0 Å². The molecule has 9 heteroatoms. The molecule has 0 spiro atoms. The third-order valence-electron chi connectivity index (χ3n) is 4.49. The summed E-state index contributed by atoms with van der Waals surface area (Å²) in [5.74, 6) is -5.77. The summed E-state index contributed by atoms with van der Waals surface area (Å²) in [4.78, 5) is 49.4. The maximum Gasteiger partial charge on any atom is 0.347 e. The first-order valence-electron chi connectivity index (χ1n) is 8.97. The van der Waals surface area contributed by atoms with Crippen molar-refractivity contribution in [2.75, 3.05) is 0 Å². The van der Waals surface area contributed by atoms with Gasteiger partial charge in [-0.05, 0) is 12.0 Å².